The first-order valence-electron chi connectivity index (χ1n) is 8.42. The van der Waals surface area contributed by atoms with E-state index in [1.165, 1.54) is 22.2 Å². The molecule has 0 aliphatic heterocycles. The first kappa shape index (κ1) is 17.3. The Balaban J connectivity index is 1.40. The van der Waals surface area contributed by atoms with Crippen LogP contribution in [0.5, 0.6) is 0 Å². The number of carbonyl (C=O) groups is 1. The second kappa shape index (κ2) is 7.24. The Morgan fingerprint density at radius 1 is 1.19 bits per heavy atom. The summed E-state index contributed by atoms with van der Waals surface area (Å²) in [4.78, 5) is 38.3. The van der Waals surface area contributed by atoms with Gasteiger partial charge in [0.1, 0.15) is 11.4 Å². The van der Waals surface area contributed by atoms with E-state index in [4.69, 9.17) is 4.74 Å². The average molecular weight is 380 g/mol. The zero-order chi connectivity index (χ0) is 18.8. The molecule has 0 aliphatic rings. The molecule has 0 amide bonds. The second-order valence-corrected chi connectivity index (χ2v) is 6.93. The molecule has 3 aromatic heterocycles. The number of hydrogen-bond donors (Lipinski definition) is 0. The van der Waals surface area contributed by atoms with Gasteiger partial charge in [-0.25, -0.2) is 15.0 Å². The molecule has 7 nitrogen and oxygen atoms in total. The summed E-state index contributed by atoms with van der Waals surface area (Å²) in [5.41, 5.74) is 2.77. The molecule has 4 rings (SSSR count). The summed E-state index contributed by atoms with van der Waals surface area (Å²) < 4.78 is 6.74. The Kier molecular flexibility index (Phi) is 4.64. The molecule has 0 unspecified atom stereocenters. The summed E-state index contributed by atoms with van der Waals surface area (Å²) in [6.07, 6.45) is 1.55. The van der Waals surface area contributed by atoms with Crippen molar-refractivity contribution in [1.29, 1.82) is 0 Å². The average Bonchev–Trinajstić information content (AvgIpc) is 3.15. The number of ether oxygens (including phenoxy) is 1. The summed E-state index contributed by atoms with van der Waals surface area (Å²) in [7, 11) is 0. The van der Waals surface area contributed by atoms with Crippen molar-refractivity contribution in [1.82, 2.24) is 19.5 Å². The molecule has 0 saturated carbocycles. The van der Waals surface area contributed by atoms with Crippen molar-refractivity contribution in [3.8, 4) is 0 Å². The summed E-state index contributed by atoms with van der Waals surface area (Å²) in [5.74, 6) is -0.401. The minimum atomic E-state index is -0.401. The van der Waals surface area contributed by atoms with Crippen LogP contribution in [0.2, 0.25) is 0 Å². The van der Waals surface area contributed by atoms with Crippen molar-refractivity contribution in [3.05, 3.63) is 63.8 Å². The molecule has 0 atom stereocenters. The van der Waals surface area contributed by atoms with E-state index < -0.39 is 5.97 Å². The zero-order valence-electron chi connectivity index (χ0n) is 14.6. The van der Waals surface area contributed by atoms with Gasteiger partial charge >= 0.3 is 5.97 Å². The maximum absolute atomic E-state index is 12.3. The van der Waals surface area contributed by atoms with Gasteiger partial charge in [-0.05, 0) is 30.5 Å². The van der Waals surface area contributed by atoms with Gasteiger partial charge in [-0.2, -0.15) is 0 Å². The van der Waals surface area contributed by atoms with Gasteiger partial charge in [0.25, 0.3) is 5.56 Å². The highest BCUT2D eigenvalue weighted by molar-refractivity contribution is 7.16. The van der Waals surface area contributed by atoms with Crippen LogP contribution in [0, 0.1) is 6.92 Å². The molecule has 0 spiro atoms. The molecule has 8 heteroatoms. The van der Waals surface area contributed by atoms with E-state index in [0.29, 0.717) is 15.9 Å². The lowest BCUT2D eigenvalue weighted by Crippen LogP contribution is -2.22. The summed E-state index contributed by atoms with van der Waals surface area (Å²) >= 11 is 1.41. The number of fused-ring (bicyclic) bond motifs is 2. The largest absolute Gasteiger partial charge is 0.459 e. The van der Waals surface area contributed by atoms with Gasteiger partial charge in [-0.3, -0.25) is 14.2 Å². The second-order valence-electron chi connectivity index (χ2n) is 6.04. The van der Waals surface area contributed by atoms with Crippen LogP contribution in [-0.2, 0) is 22.7 Å². The summed E-state index contributed by atoms with van der Waals surface area (Å²) in [6, 6.07) is 9.29. The van der Waals surface area contributed by atoms with Crippen LogP contribution in [0.15, 0.2) is 46.8 Å². The number of benzene rings is 1. The number of carbonyl (C=O) groups excluding carboxylic acids is 1. The molecule has 0 aliphatic carbocycles. The third-order valence-corrected chi connectivity index (χ3v) is 5.04. The predicted molar refractivity (Wildman–Crippen MR) is 103 cm³/mol. The number of esters is 1. The van der Waals surface area contributed by atoms with Gasteiger partial charge in [-0.15, -0.1) is 11.3 Å². The highest BCUT2D eigenvalue weighted by Gasteiger charge is 2.11. The van der Waals surface area contributed by atoms with E-state index in [1.54, 1.807) is 6.07 Å². The van der Waals surface area contributed by atoms with Crippen molar-refractivity contribution in [2.45, 2.75) is 26.5 Å². The summed E-state index contributed by atoms with van der Waals surface area (Å²) in [5, 5.41) is 2.39. The highest BCUT2D eigenvalue weighted by Crippen LogP contribution is 2.14. The minimum absolute atomic E-state index is 0.0548. The topological polar surface area (TPSA) is 87.0 Å². The van der Waals surface area contributed by atoms with Gasteiger partial charge in [-0.1, -0.05) is 12.1 Å². The Bertz CT molecular complexity index is 1200. The van der Waals surface area contributed by atoms with Crippen LogP contribution in [-0.4, -0.2) is 25.5 Å². The first-order chi connectivity index (χ1) is 13.1. The lowest BCUT2D eigenvalue weighted by atomic mass is 10.2. The van der Waals surface area contributed by atoms with Crippen molar-refractivity contribution in [3.63, 3.8) is 0 Å². The fourth-order valence-electron chi connectivity index (χ4n) is 2.75. The van der Waals surface area contributed by atoms with Gasteiger partial charge in [0, 0.05) is 6.54 Å². The molecule has 0 radical (unpaired) electrons. The zero-order valence-corrected chi connectivity index (χ0v) is 15.4. The molecule has 27 heavy (non-hydrogen) atoms. The molecular formula is C19H16N4O3S. The monoisotopic (exact) mass is 380 g/mol. The fourth-order valence-corrected chi connectivity index (χ4v) is 3.47. The van der Waals surface area contributed by atoms with E-state index in [9.17, 15) is 9.59 Å². The maximum atomic E-state index is 12.3. The summed E-state index contributed by atoms with van der Waals surface area (Å²) in [6.45, 7) is 2.11. The normalized spacial score (nSPS) is 11.1. The molecule has 3 heterocycles. The molecule has 0 saturated heterocycles. The van der Waals surface area contributed by atoms with E-state index in [-0.39, 0.29) is 25.1 Å². The molecule has 0 bridgehead atoms. The third-order valence-electron chi connectivity index (χ3n) is 4.22. The Morgan fingerprint density at radius 2 is 1.96 bits per heavy atom. The number of para-hydroxylation sites is 2. The first-order valence-corrected chi connectivity index (χ1v) is 9.30. The molecular weight excluding hydrogens is 364 g/mol. The highest BCUT2D eigenvalue weighted by atomic mass is 32.1. The third kappa shape index (κ3) is 3.56. The van der Waals surface area contributed by atoms with Crippen LogP contribution in [0.1, 0.15) is 17.8 Å². The Morgan fingerprint density at radius 3 is 2.78 bits per heavy atom. The van der Waals surface area contributed by atoms with Crippen LogP contribution in [0.3, 0.4) is 0 Å². The predicted octanol–water partition coefficient (Wildman–Crippen LogP) is 2.84. The lowest BCUT2D eigenvalue weighted by molar-refractivity contribution is -0.145. The maximum Gasteiger partial charge on any atom is 0.307 e. The minimum Gasteiger partial charge on any atom is -0.459 e. The van der Waals surface area contributed by atoms with Gasteiger partial charge in [0.15, 0.2) is 0 Å². The van der Waals surface area contributed by atoms with E-state index in [2.05, 4.69) is 15.0 Å². The van der Waals surface area contributed by atoms with E-state index in [0.717, 1.165) is 16.7 Å². The van der Waals surface area contributed by atoms with Crippen molar-refractivity contribution in [2.24, 2.45) is 0 Å². The van der Waals surface area contributed by atoms with E-state index in [1.807, 2.05) is 36.6 Å². The Hall–Kier alpha value is -3.13. The smallest absolute Gasteiger partial charge is 0.307 e. The standard InChI is InChI=1S/C19H16N4O3S/c1-12-16(22-15-5-3-2-4-14(15)21-12)10-26-17(24)6-8-23-11-20-18-13(19(23)25)7-9-27-18/h2-5,7,9,11H,6,8,10H2,1H3. The molecule has 0 fully saturated rings. The Labute approximate surface area is 158 Å². The van der Waals surface area contributed by atoms with Gasteiger partial charge < -0.3 is 4.74 Å². The number of nitrogens with zero attached hydrogens (tertiary/aromatic N) is 4. The van der Waals surface area contributed by atoms with Crippen molar-refractivity contribution in [2.75, 3.05) is 0 Å². The number of rotatable bonds is 5. The number of aryl methyl sites for hydroxylation is 2. The fraction of sp³-hybridized carbons (Fsp3) is 0.211. The quantitative estimate of drug-likeness (QED) is 0.495. The number of hydrogen-bond acceptors (Lipinski definition) is 7. The van der Waals surface area contributed by atoms with Crippen LogP contribution < -0.4 is 5.56 Å². The van der Waals surface area contributed by atoms with Crippen molar-refractivity contribution >= 4 is 38.6 Å². The molecule has 136 valence electrons. The lowest BCUT2D eigenvalue weighted by Gasteiger charge is -2.08. The van der Waals surface area contributed by atoms with E-state index >= 15 is 0 Å². The SMILES string of the molecule is Cc1nc2ccccc2nc1COC(=O)CCn1cnc2sccc2c1=O. The van der Waals surface area contributed by atoms with Gasteiger partial charge in [0.2, 0.25) is 0 Å². The van der Waals surface area contributed by atoms with Crippen LogP contribution in [0.4, 0.5) is 0 Å². The number of thiophene rings is 1. The number of aromatic nitrogens is 4. The van der Waals surface area contributed by atoms with Crippen LogP contribution >= 0.6 is 11.3 Å². The molecule has 1 aromatic carbocycles. The van der Waals surface area contributed by atoms with Crippen LogP contribution in [0.25, 0.3) is 21.3 Å². The molecule has 4 aromatic rings. The molecule has 0 N–H and O–H groups in total. The van der Waals surface area contributed by atoms with Crippen molar-refractivity contribution < 1.29 is 9.53 Å². The van der Waals surface area contributed by atoms with Gasteiger partial charge in [0.05, 0.1) is 40.6 Å².